The summed E-state index contributed by atoms with van der Waals surface area (Å²) < 4.78 is 34.8. The number of fused-ring (bicyclic) bond motifs is 1. The first-order valence-electron chi connectivity index (χ1n) is 13.4. The highest BCUT2D eigenvalue weighted by molar-refractivity contribution is 7.14. The van der Waals surface area contributed by atoms with Gasteiger partial charge in [-0.15, -0.1) is 10.2 Å². The van der Waals surface area contributed by atoms with Crippen LogP contribution in [0.4, 0.5) is 8.78 Å². The van der Waals surface area contributed by atoms with Crippen LogP contribution < -0.4 is 5.43 Å². The lowest BCUT2D eigenvalue weighted by atomic mass is 9.77. The van der Waals surface area contributed by atoms with E-state index in [1.807, 2.05) is 27.7 Å². The summed E-state index contributed by atoms with van der Waals surface area (Å²) in [4.78, 5) is 28.4. The summed E-state index contributed by atoms with van der Waals surface area (Å²) in [6.07, 6.45) is 4.97. The van der Waals surface area contributed by atoms with E-state index in [2.05, 4.69) is 10.2 Å². The van der Waals surface area contributed by atoms with Gasteiger partial charge in [-0.25, -0.2) is 8.78 Å². The van der Waals surface area contributed by atoms with Crippen molar-refractivity contribution in [1.82, 2.24) is 19.7 Å². The van der Waals surface area contributed by atoms with Crippen LogP contribution in [0, 0.1) is 11.6 Å². The molecule has 3 heterocycles. The zero-order valence-corrected chi connectivity index (χ0v) is 23.5. The number of amides is 1. The summed E-state index contributed by atoms with van der Waals surface area (Å²) in [7, 11) is 0. The summed E-state index contributed by atoms with van der Waals surface area (Å²) in [6.45, 7) is 9.42. The maximum Gasteiger partial charge on any atom is 0.275 e. The van der Waals surface area contributed by atoms with Gasteiger partial charge in [0.1, 0.15) is 16.6 Å². The Morgan fingerprint density at radius 2 is 1.87 bits per heavy atom. The average Bonchev–Trinajstić information content (AvgIpc) is 3.39. The second-order valence-corrected chi connectivity index (χ2v) is 10.6. The van der Waals surface area contributed by atoms with E-state index in [-0.39, 0.29) is 40.3 Å². The quantitative estimate of drug-likeness (QED) is 0.447. The Labute approximate surface area is 230 Å². The maximum atomic E-state index is 14.1. The van der Waals surface area contributed by atoms with Gasteiger partial charge in [-0.3, -0.25) is 9.59 Å². The Balaban J connectivity index is 0.00000172. The lowest BCUT2D eigenvalue weighted by molar-refractivity contribution is -0.0300. The molecule has 11 heteroatoms. The molecule has 1 aliphatic heterocycles. The van der Waals surface area contributed by atoms with E-state index < -0.39 is 28.4 Å². The van der Waals surface area contributed by atoms with Crippen LogP contribution in [0.1, 0.15) is 74.4 Å². The fraction of sp³-hybridized carbons (Fsp3) is 0.500. The third-order valence-electron chi connectivity index (χ3n) is 7.38. The first-order valence-corrected chi connectivity index (χ1v) is 14.2. The highest BCUT2D eigenvalue weighted by atomic mass is 32.1. The number of nitrogens with zero attached hydrogens (tertiary/aromatic N) is 4. The molecule has 210 valence electrons. The number of hydrogen-bond acceptors (Lipinski definition) is 7. The molecule has 1 amide bonds. The molecule has 1 fully saturated rings. The van der Waals surface area contributed by atoms with Crippen LogP contribution in [0.5, 0.6) is 5.75 Å². The van der Waals surface area contributed by atoms with Gasteiger partial charge in [-0.05, 0) is 51.2 Å². The Morgan fingerprint density at radius 3 is 2.51 bits per heavy atom. The number of rotatable bonds is 6. The number of likely N-dealkylation sites (N-methyl/N-ethyl adjacent to an activating group) is 1. The lowest BCUT2D eigenvalue weighted by Gasteiger charge is -2.51. The molecular formula is C28H34F2N4O4S. The normalized spacial score (nSPS) is 20.5. The average molecular weight is 561 g/mol. The van der Waals surface area contributed by atoms with Crippen LogP contribution in [-0.4, -0.2) is 55.5 Å². The summed E-state index contributed by atoms with van der Waals surface area (Å²) in [6, 6.07) is 3.32. The smallest absolute Gasteiger partial charge is 0.275 e. The SMILES string of the molecule is CC.CCOC1CCC2(CC1)Cn1cc(-c3nnc(Cc4ccc(F)cc4F)s3)c(=O)c(O)c1C(=O)N2CC. The molecule has 8 nitrogen and oxygen atoms in total. The predicted molar refractivity (Wildman–Crippen MR) is 145 cm³/mol. The first-order chi connectivity index (χ1) is 18.8. The van der Waals surface area contributed by atoms with Gasteiger partial charge in [-0.1, -0.05) is 31.3 Å². The number of benzene rings is 1. The molecule has 3 aromatic rings. The number of ether oxygens (including phenoxy) is 1. The molecule has 39 heavy (non-hydrogen) atoms. The van der Waals surface area contributed by atoms with E-state index in [1.165, 1.54) is 12.1 Å². The molecule has 0 saturated heterocycles. The summed E-state index contributed by atoms with van der Waals surface area (Å²) in [5.41, 5.74) is -0.782. The Kier molecular flexibility index (Phi) is 8.80. The van der Waals surface area contributed by atoms with E-state index in [1.54, 1.807) is 15.7 Å². The van der Waals surface area contributed by atoms with Gasteiger partial charge in [-0.2, -0.15) is 0 Å². The Bertz CT molecular complexity index is 1400. The van der Waals surface area contributed by atoms with Crippen LogP contribution >= 0.6 is 11.3 Å². The van der Waals surface area contributed by atoms with Gasteiger partial charge >= 0.3 is 0 Å². The maximum absolute atomic E-state index is 14.1. The van der Waals surface area contributed by atoms with Crippen LogP contribution in [-0.2, 0) is 17.7 Å². The van der Waals surface area contributed by atoms with Gasteiger partial charge in [0, 0.05) is 38.4 Å². The topological polar surface area (TPSA) is 97.5 Å². The van der Waals surface area contributed by atoms with Crippen molar-refractivity contribution in [3.05, 3.63) is 62.5 Å². The van der Waals surface area contributed by atoms with Crippen molar-refractivity contribution in [2.45, 2.75) is 78.0 Å². The monoisotopic (exact) mass is 560 g/mol. The van der Waals surface area contributed by atoms with Gasteiger partial charge in [0.05, 0.1) is 17.2 Å². The first kappa shape index (κ1) is 28.8. The molecular weight excluding hydrogens is 526 g/mol. The molecule has 0 radical (unpaired) electrons. The fourth-order valence-corrected chi connectivity index (χ4v) is 6.47. The van der Waals surface area contributed by atoms with Crippen LogP contribution in [0.15, 0.2) is 29.2 Å². The number of hydrogen-bond donors (Lipinski definition) is 1. The molecule has 1 spiro atoms. The molecule has 2 aliphatic rings. The Morgan fingerprint density at radius 1 is 1.15 bits per heavy atom. The molecule has 2 aromatic heterocycles. The number of carbonyl (C=O) groups excluding carboxylic acids is 1. The molecule has 0 bridgehead atoms. The van der Waals surface area contributed by atoms with Crippen molar-refractivity contribution < 1.29 is 23.4 Å². The number of aromatic hydroxyl groups is 1. The molecule has 0 unspecified atom stereocenters. The lowest BCUT2D eigenvalue weighted by Crippen LogP contribution is -2.60. The standard InChI is InChI=1S/C26H28F2N4O4S.C2H6/c1-3-32-25(35)21-23(34)22(33)18(13-31(21)14-26(32)9-7-17(8-10-26)36-4-2)24-30-29-20(37-24)11-15-5-6-16(27)12-19(15)28;1-2/h5-6,12-13,17,34H,3-4,7-11,14H2,1-2H3;1-2H3. The summed E-state index contributed by atoms with van der Waals surface area (Å²) in [5, 5.41) is 19.7. The number of carbonyl (C=O) groups is 1. The van der Waals surface area contributed by atoms with E-state index in [0.717, 1.165) is 43.1 Å². The minimum absolute atomic E-state index is 0.0220. The van der Waals surface area contributed by atoms with Crippen molar-refractivity contribution in [3.63, 3.8) is 0 Å². The van der Waals surface area contributed by atoms with Gasteiger partial charge in [0.2, 0.25) is 5.43 Å². The van der Waals surface area contributed by atoms with Crippen molar-refractivity contribution in [3.8, 4) is 16.3 Å². The fourth-order valence-electron chi connectivity index (χ4n) is 5.60. The van der Waals surface area contributed by atoms with Gasteiger partial charge in [0.25, 0.3) is 5.91 Å². The van der Waals surface area contributed by atoms with E-state index in [0.29, 0.717) is 24.7 Å². The van der Waals surface area contributed by atoms with Crippen molar-refractivity contribution >= 4 is 17.2 Å². The molecule has 1 aromatic carbocycles. The zero-order valence-electron chi connectivity index (χ0n) is 22.7. The summed E-state index contributed by atoms with van der Waals surface area (Å²) >= 11 is 1.09. The molecule has 1 aliphatic carbocycles. The number of aromatic nitrogens is 3. The largest absolute Gasteiger partial charge is 0.503 e. The highest BCUT2D eigenvalue weighted by Gasteiger charge is 2.47. The van der Waals surface area contributed by atoms with Gasteiger partial charge in [0.15, 0.2) is 16.5 Å². The van der Waals surface area contributed by atoms with Crippen LogP contribution in [0.3, 0.4) is 0 Å². The van der Waals surface area contributed by atoms with E-state index in [9.17, 15) is 23.5 Å². The highest BCUT2D eigenvalue weighted by Crippen LogP contribution is 2.41. The zero-order chi connectivity index (χ0) is 28.3. The molecule has 1 N–H and O–H groups in total. The van der Waals surface area contributed by atoms with Crippen molar-refractivity contribution in [2.75, 3.05) is 13.2 Å². The second kappa shape index (κ2) is 11.9. The summed E-state index contributed by atoms with van der Waals surface area (Å²) in [5.74, 6) is -2.33. The van der Waals surface area contributed by atoms with Crippen molar-refractivity contribution in [2.24, 2.45) is 0 Å². The number of pyridine rings is 1. The van der Waals surface area contributed by atoms with Gasteiger partial charge < -0.3 is 19.3 Å². The van der Waals surface area contributed by atoms with Crippen molar-refractivity contribution in [1.29, 1.82) is 0 Å². The minimum Gasteiger partial charge on any atom is -0.503 e. The van der Waals surface area contributed by atoms with E-state index >= 15 is 0 Å². The molecule has 5 rings (SSSR count). The van der Waals surface area contributed by atoms with Crippen LogP contribution in [0.2, 0.25) is 0 Å². The minimum atomic E-state index is -0.706. The molecule has 0 atom stereocenters. The second-order valence-electron chi connectivity index (χ2n) is 9.54. The third-order valence-corrected chi connectivity index (χ3v) is 8.33. The van der Waals surface area contributed by atoms with E-state index in [4.69, 9.17) is 4.74 Å². The Hall–Kier alpha value is -3.18. The third kappa shape index (κ3) is 5.47. The predicted octanol–water partition coefficient (Wildman–Crippen LogP) is 5.16. The molecule has 1 saturated carbocycles. The number of halogens is 2. The van der Waals surface area contributed by atoms with Crippen LogP contribution in [0.25, 0.3) is 10.6 Å².